The number of benzene rings is 1. The first-order chi connectivity index (χ1) is 13.3. The van der Waals surface area contributed by atoms with Crippen LogP contribution in [-0.2, 0) is 6.42 Å². The molecule has 1 aromatic carbocycles. The van der Waals surface area contributed by atoms with Crippen LogP contribution >= 0.6 is 24.8 Å². The van der Waals surface area contributed by atoms with E-state index in [0.29, 0.717) is 17.9 Å². The normalized spacial score (nSPS) is 15.9. The Hall–Kier alpha value is -2.41. The van der Waals surface area contributed by atoms with E-state index >= 15 is 0 Å². The van der Waals surface area contributed by atoms with Crippen molar-refractivity contribution in [2.45, 2.75) is 19.4 Å². The molecule has 3 aromatic rings. The Balaban J connectivity index is 0.00000150. The van der Waals surface area contributed by atoms with Gasteiger partial charge in [-0.1, -0.05) is 31.2 Å². The highest BCUT2D eigenvalue weighted by Crippen LogP contribution is 2.25. The minimum absolute atomic E-state index is 0. The van der Waals surface area contributed by atoms with Crippen molar-refractivity contribution in [3.63, 3.8) is 0 Å². The summed E-state index contributed by atoms with van der Waals surface area (Å²) in [6.45, 7) is 4.39. The quantitative estimate of drug-likeness (QED) is 0.683. The van der Waals surface area contributed by atoms with Crippen LogP contribution in [-0.4, -0.2) is 45.0 Å². The van der Waals surface area contributed by atoms with E-state index in [0.717, 1.165) is 25.1 Å². The Bertz CT molecular complexity index is 915. The minimum Gasteiger partial charge on any atom is -0.329 e. The molecule has 6 nitrogen and oxygen atoms in total. The number of nitrogens with one attached hydrogen (secondary N) is 1. The first kappa shape index (κ1) is 22.9. The molecule has 2 aromatic heterocycles. The molecule has 4 rings (SSSR count). The van der Waals surface area contributed by atoms with Gasteiger partial charge in [-0.05, 0) is 29.7 Å². The lowest BCUT2D eigenvalue weighted by atomic mass is 10.00. The molecule has 1 amide bonds. The fourth-order valence-corrected chi connectivity index (χ4v) is 3.47. The van der Waals surface area contributed by atoms with E-state index in [1.54, 1.807) is 29.4 Å². The van der Waals surface area contributed by atoms with E-state index in [2.05, 4.69) is 46.5 Å². The van der Waals surface area contributed by atoms with Crippen LogP contribution in [0.2, 0.25) is 0 Å². The number of hydrogen-bond donors (Lipinski definition) is 1. The number of carbonyl (C=O) groups is 1. The second-order valence-corrected chi connectivity index (χ2v) is 6.69. The third-order valence-electron chi connectivity index (χ3n) is 5.04. The molecular formula is C21H25Cl2N5O. The number of aryl methyl sites for hydroxylation is 1. The van der Waals surface area contributed by atoms with Gasteiger partial charge in [-0.15, -0.1) is 24.8 Å². The number of halogens is 2. The van der Waals surface area contributed by atoms with Crippen LogP contribution in [0, 0.1) is 0 Å². The highest BCUT2D eigenvalue weighted by molar-refractivity contribution is 5.95. The van der Waals surface area contributed by atoms with Crippen molar-refractivity contribution in [1.29, 1.82) is 0 Å². The summed E-state index contributed by atoms with van der Waals surface area (Å²) in [5, 5.41) is 3.41. The summed E-state index contributed by atoms with van der Waals surface area (Å²) in [6, 6.07) is 12.2. The van der Waals surface area contributed by atoms with Gasteiger partial charge in [0.2, 0.25) is 0 Å². The summed E-state index contributed by atoms with van der Waals surface area (Å²) in [5.41, 5.74) is 3.11. The monoisotopic (exact) mass is 433 g/mol. The Morgan fingerprint density at radius 2 is 1.97 bits per heavy atom. The van der Waals surface area contributed by atoms with E-state index in [9.17, 15) is 4.79 Å². The molecule has 1 atom stereocenters. The van der Waals surface area contributed by atoms with E-state index in [1.807, 2.05) is 17.2 Å². The number of rotatable bonds is 4. The molecule has 0 spiro atoms. The highest BCUT2D eigenvalue weighted by Gasteiger charge is 2.28. The Morgan fingerprint density at radius 1 is 1.17 bits per heavy atom. The first-order valence-electron chi connectivity index (χ1n) is 9.31. The summed E-state index contributed by atoms with van der Waals surface area (Å²) in [6.07, 6.45) is 7.89. The van der Waals surface area contributed by atoms with Crippen molar-refractivity contribution in [2.75, 3.05) is 19.6 Å². The molecule has 0 radical (unpaired) electrons. The van der Waals surface area contributed by atoms with Crippen LogP contribution in [0.4, 0.5) is 0 Å². The maximum atomic E-state index is 13.3. The summed E-state index contributed by atoms with van der Waals surface area (Å²) in [7, 11) is 0. The van der Waals surface area contributed by atoms with Crippen molar-refractivity contribution in [2.24, 2.45) is 0 Å². The molecule has 1 N–H and O–H groups in total. The number of pyridine rings is 1. The molecule has 1 saturated heterocycles. The Labute approximate surface area is 183 Å². The van der Waals surface area contributed by atoms with Crippen molar-refractivity contribution < 1.29 is 4.79 Å². The molecule has 1 aliphatic heterocycles. The standard InChI is InChI=1S/C21H23N5O.2ClH/c1-2-16-3-5-17(6-4-16)19-14-22-10-12-26(19)21(27)18-7-8-24-20(13-18)25-11-9-23-15-25;;/h3-9,11,13,15,19,22H,2,10,12,14H2,1H3;2*1H. The van der Waals surface area contributed by atoms with E-state index < -0.39 is 0 Å². The molecule has 1 fully saturated rings. The number of nitrogens with zero attached hydrogens (tertiary/aromatic N) is 4. The maximum Gasteiger partial charge on any atom is 0.254 e. The van der Waals surface area contributed by atoms with Crippen molar-refractivity contribution in [3.05, 3.63) is 78.0 Å². The van der Waals surface area contributed by atoms with Crippen molar-refractivity contribution >= 4 is 30.7 Å². The van der Waals surface area contributed by atoms with Crippen LogP contribution in [0.1, 0.15) is 34.5 Å². The summed E-state index contributed by atoms with van der Waals surface area (Å²) < 4.78 is 1.80. The van der Waals surface area contributed by atoms with E-state index in [-0.39, 0.29) is 36.8 Å². The van der Waals surface area contributed by atoms with Gasteiger partial charge in [0.25, 0.3) is 5.91 Å². The zero-order chi connectivity index (χ0) is 18.6. The molecule has 3 heterocycles. The molecule has 8 heteroatoms. The van der Waals surface area contributed by atoms with Crippen LogP contribution < -0.4 is 5.32 Å². The van der Waals surface area contributed by atoms with Crippen LogP contribution in [0.25, 0.3) is 5.82 Å². The number of carbonyl (C=O) groups excluding carboxylic acids is 1. The summed E-state index contributed by atoms with van der Waals surface area (Å²) in [5.74, 6) is 0.724. The van der Waals surface area contributed by atoms with Gasteiger partial charge in [0.15, 0.2) is 0 Å². The summed E-state index contributed by atoms with van der Waals surface area (Å²) >= 11 is 0. The predicted octanol–water partition coefficient (Wildman–Crippen LogP) is 3.46. The highest BCUT2D eigenvalue weighted by atomic mass is 35.5. The predicted molar refractivity (Wildman–Crippen MR) is 118 cm³/mol. The number of aromatic nitrogens is 3. The van der Waals surface area contributed by atoms with Crippen molar-refractivity contribution in [3.8, 4) is 5.82 Å². The molecule has 0 bridgehead atoms. The number of amides is 1. The number of piperazine rings is 1. The lowest BCUT2D eigenvalue weighted by molar-refractivity contribution is 0.0634. The smallest absolute Gasteiger partial charge is 0.254 e. The van der Waals surface area contributed by atoms with Gasteiger partial charge in [0.1, 0.15) is 12.1 Å². The summed E-state index contributed by atoms with van der Waals surface area (Å²) in [4.78, 5) is 23.6. The largest absolute Gasteiger partial charge is 0.329 e. The van der Waals surface area contributed by atoms with Gasteiger partial charge in [-0.2, -0.15) is 0 Å². The molecule has 1 unspecified atom stereocenters. The number of imidazole rings is 1. The molecular weight excluding hydrogens is 409 g/mol. The minimum atomic E-state index is 0. The van der Waals surface area contributed by atoms with Gasteiger partial charge >= 0.3 is 0 Å². The lowest BCUT2D eigenvalue weighted by Gasteiger charge is -2.36. The Morgan fingerprint density at radius 3 is 2.66 bits per heavy atom. The molecule has 0 aliphatic carbocycles. The van der Waals surface area contributed by atoms with Crippen LogP contribution in [0.5, 0.6) is 0 Å². The zero-order valence-corrected chi connectivity index (χ0v) is 17.8. The molecule has 1 aliphatic rings. The number of hydrogen-bond acceptors (Lipinski definition) is 4. The Kier molecular flexibility index (Phi) is 8.20. The fraction of sp³-hybridized carbons (Fsp3) is 0.286. The van der Waals surface area contributed by atoms with Crippen LogP contribution in [0.15, 0.2) is 61.3 Å². The molecule has 154 valence electrons. The van der Waals surface area contributed by atoms with Gasteiger partial charge in [0.05, 0.1) is 6.04 Å². The third-order valence-corrected chi connectivity index (χ3v) is 5.04. The lowest BCUT2D eigenvalue weighted by Crippen LogP contribution is -2.48. The second kappa shape index (κ2) is 10.4. The first-order valence-corrected chi connectivity index (χ1v) is 9.31. The zero-order valence-electron chi connectivity index (χ0n) is 16.2. The van der Waals surface area contributed by atoms with Crippen LogP contribution in [0.3, 0.4) is 0 Å². The topological polar surface area (TPSA) is 63.1 Å². The van der Waals surface area contributed by atoms with Gasteiger partial charge < -0.3 is 10.2 Å². The average Bonchev–Trinajstić information content (AvgIpc) is 3.28. The van der Waals surface area contributed by atoms with Gasteiger partial charge in [-0.25, -0.2) is 9.97 Å². The van der Waals surface area contributed by atoms with Gasteiger partial charge in [0, 0.05) is 43.8 Å². The molecule has 0 saturated carbocycles. The maximum absolute atomic E-state index is 13.3. The third kappa shape index (κ3) is 4.96. The van der Waals surface area contributed by atoms with Crippen molar-refractivity contribution in [1.82, 2.24) is 24.8 Å². The second-order valence-electron chi connectivity index (χ2n) is 6.69. The average molecular weight is 434 g/mol. The SMILES string of the molecule is CCc1ccc(C2CNCCN2C(=O)c2ccnc(-n3ccnc3)c2)cc1.Cl.Cl. The van der Waals surface area contributed by atoms with E-state index in [4.69, 9.17) is 0 Å². The van der Waals surface area contributed by atoms with E-state index in [1.165, 1.54) is 5.56 Å². The fourth-order valence-electron chi connectivity index (χ4n) is 3.47. The molecule has 29 heavy (non-hydrogen) atoms. The van der Waals surface area contributed by atoms with Gasteiger partial charge in [-0.3, -0.25) is 9.36 Å².